The summed E-state index contributed by atoms with van der Waals surface area (Å²) < 4.78 is 0. The maximum atomic E-state index is 13.0. The van der Waals surface area contributed by atoms with Gasteiger partial charge in [-0.1, -0.05) is 5.57 Å². The van der Waals surface area contributed by atoms with Crippen LogP contribution in [0, 0.1) is 23.2 Å². The highest BCUT2D eigenvalue weighted by atomic mass is 16.2. The molecule has 0 aromatic carbocycles. The molecule has 6 nitrogen and oxygen atoms in total. The van der Waals surface area contributed by atoms with Gasteiger partial charge in [-0.15, -0.1) is 0 Å². The van der Waals surface area contributed by atoms with Crippen molar-refractivity contribution in [3.8, 4) is 0 Å². The van der Waals surface area contributed by atoms with E-state index in [1.54, 1.807) is 11.0 Å². The zero-order chi connectivity index (χ0) is 20.9. The minimum Gasteiger partial charge on any atom is -0.336 e. The molecule has 1 aromatic heterocycles. The van der Waals surface area contributed by atoms with Crippen molar-refractivity contribution in [1.29, 1.82) is 0 Å². The van der Waals surface area contributed by atoms with Crippen LogP contribution in [0.2, 0.25) is 0 Å². The summed E-state index contributed by atoms with van der Waals surface area (Å²) in [4.78, 5) is 43.0. The van der Waals surface area contributed by atoms with Crippen molar-refractivity contribution in [3.63, 3.8) is 0 Å². The van der Waals surface area contributed by atoms with Crippen LogP contribution < -0.4 is 5.56 Å². The molecule has 30 heavy (non-hydrogen) atoms. The lowest BCUT2D eigenvalue weighted by molar-refractivity contribution is -0.127. The average molecular weight is 410 g/mol. The Morgan fingerprint density at radius 1 is 0.967 bits per heavy atom. The molecule has 6 heteroatoms. The van der Waals surface area contributed by atoms with Crippen LogP contribution in [0.15, 0.2) is 34.8 Å². The molecule has 2 amide bonds. The fourth-order valence-electron chi connectivity index (χ4n) is 6.88. The van der Waals surface area contributed by atoms with Crippen molar-refractivity contribution < 1.29 is 9.59 Å². The van der Waals surface area contributed by atoms with Gasteiger partial charge in [0.15, 0.2) is 0 Å². The van der Waals surface area contributed by atoms with Gasteiger partial charge in [0, 0.05) is 44.5 Å². The molecular weight excluding hydrogens is 378 g/mol. The number of allylic oxidation sites excluding steroid dienone is 1. The van der Waals surface area contributed by atoms with E-state index in [0.717, 1.165) is 17.8 Å². The number of aromatic amines is 1. The Morgan fingerprint density at radius 2 is 1.53 bits per heavy atom. The average Bonchev–Trinajstić information content (AvgIpc) is 2.73. The Kier molecular flexibility index (Phi) is 4.83. The number of hydrogen-bond acceptors (Lipinski definition) is 3. The van der Waals surface area contributed by atoms with Crippen LogP contribution in [-0.4, -0.2) is 52.8 Å². The normalized spacial score (nSPS) is 33.1. The summed E-state index contributed by atoms with van der Waals surface area (Å²) >= 11 is 0. The Balaban J connectivity index is 1.21. The molecule has 0 spiro atoms. The quantitative estimate of drug-likeness (QED) is 0.780. The van der Waals surface area contributed by atoms with Gasteiger partial charge in [-0.2, -0.15) is 0 Å². The van der Waals surface area contributed by atoms with Gasteiger partial charge < -0.3 is 14.8 Å². The van der Waals surface area contributed by atoms with Gasteiger partial charge in [0.1, 0.15) is 0 Å². The van der Waals surface area contributed by atoms with E-state index in [0.29, 0.717) is 31.7 Å². The molecule has 1 saturated heterocycles. The Bertz CT molecular complexity index is 883. The van der Waals surface area contributed by atoms with Crippen LogP contribution >= 0.6 is 0 Å². The first kappa shape index (κ1) is 19.6. The number of carbonyl (C=O) groups is 2. The van der Waals surface area contributed by atoms with Crippen molar-refractivity contribution in [2.75, 3.05) is 26.2 Å². The fraction of sp³-hybridized carbons (Fsp3) is 0.625. The summed E-state index contributed by atoms with van der Waals surface area (Å²) in [5.74, 6) is 2.62. The van der Waals surface area contributed by atoms with Crippen LogP contribution in [0.25, 0.3) is 0 Å². The van der Waals surface area contributed by atoms with Crippen molar-refractivity contribution >= 4 is 11.8 Å². The number of H-pyrrole nitrogens is 1. The maximum Gasteiger partial charge on any atom is 0.255 e. The smallest absolute Gasteiger partial charge is 0.255 e. The number of piperazine rings is 1. The lowest BCUT2D eigenvalue weighted by Crippen LogP contribution is -2.50. The van der Waals surface area contributed by atoms with E-state index < -0.39 is 0 Å². The van der Waals surface area contributed by atoms with Gasteiger partial charge in [-0.25, -0.2) is 0 Å². The number of pyridine rings is 1. The molecule has 5 fully saturated rings. The third-order valence-corrected chi connectivity index (χ3v) is 8.12. The predicted octanol–water partition coefficient (Wildman–Crippen LogP) is 2.82. The van der Waals surface area contributed by atoms with Crippen molar-refractivity contribution in [2.45, 2.75) is 45.4 Å². The van der Waals surface area contributed by atoms with Gasteiger partial charge in [-0.3, -0.25) is 14.4 Å². The zero-order valence-electron chi connectivity index (χ0n) is 17.7. The molecule has 0 unspecified atom stereocenters. The number of rotatable bonds is 3. The number of hydrogen-bond donors (Lipinski definition) is 1. The number of nitrogens with zero attached hydrogens (tertiary/aromatic N) is 2. The maximum absolute atomic E-state index is 13.0. The minimum atomic E-state index is -0.219. The lowest BCUT2D eigenvalue weighted by Gasteiger charge is -2.57. The first-order valence-corrected chi connectivity index (χ1v) is 11.4. The van der Waals surface area contributed by atoms with E-state index in [9.17, 15) is 14.4 Å². The van der Waals surface area contributed by atoms with Gasteiger partial charge in [0.05, 0.1) is 5.56 Å². The van der Waals surface area contributed by atoms with E-state index in [-0.39, 0.29) is 22.8 Å². The molecule has 160 valence electrons. The predicted molar refractivity (Wildman–Crippen MR) is 114 cm³/mol. The number of aromatic nitrogens is 1. The number of nitrogens with one attached hydrogen (secondary N) is 1. The van der Waals surface area contributed by atoms with E-state index in [4.69, 9.17) is 0 Å². The zero-order valence-corrected chi connectivity index (χ0v) is 17.7. The molecule has 4 saturated carbocycles. The minimum absolute atomic E-state index is 0.0967. The molecular formula is C24H31N3O3. The van der Waals surface area contributed by atoms with E-state index >= 15 is 0 Å². The highest BCUT2D eigenvalue weighted by Gasteiger charge is 2.51. The monoisotopic (exact) mass is 409 g/mol. The van der Waals surface area contributed by atoms with Crippen molar-refractivity contribution in [1.82, 2.24) is 14.8 Å². The summed E-state index contributed by atoms with van der Waals surface area (Å²) in [6, 6.07) is 2.92. The first-order valence-electron chi connectivity index (χ1n) is 11.4. The summed E-state index contributed by atoms with van der Waals surface area (Å²) in [5, 5.41) is 0. The molecule has 1 N–H and O–H groups in total. The van der Waals surface area contributed by atoms with Gasteiger partial charge in [0.2, 0.25) is 11.5 Å². The molecule has 5 aliphatic rings. The van der Waals surface area contributed by atoms with E-state index in [1.165, 1.54) is 56.4 Å². The fourth-order valence-corrected chi connectivity index (χ4v) is 6.88. The van der Waals surface area contributed by atoms with Crippen molar-refractivity contribution in [2.24, 2.45) is 23.2 Å². The van der Waals surface area contributed by atoms with Crippen LogP contribution in [0.1, 0.15) is 55.8 Å². The lowest BCUT2D eigenvalue weighted by atomic mass is 9.48. The molecule has 4 aliphatic carbocycles. The van der Waals surface area contributed by atoms with E-state index in [1.807, 2.05) is 11.0 Å². The van der Waals surface area contributed by atoms with Gasteiger partial charge in [0.25, 0.3) is 5.91 Å². The molecule has 0 radical (unpaired) electrons. The number of carbonyl (C=O) groups excluding carboxylic acids is 2. The summed E-state index contributed by atoms with van der Waals surface area (Å²) in [5.41, 5.74) is 1.82. The Morgan fingerprint density at radius 3 is 2.07 bits per heavy atom. The molecule has 4 bridgehead atoms. The molecule has 1 aromatic rings. The Hall–Kier alpha value is -2.37. The first-order chi connectivity index (χ1) is 14.4. The van der Waals surface area contributed by atoms with Gasteiger partial charge >= 0.3 is 0 Å². The van der Waals surface area contributed by atoms with Crippen LogP contribution in [0.5, 0.6) is 0 Å². The third kappa shape index (κ3) is 3.50. The van der Waals surface area contributed by atoms with Crippen LogP contribution in [0.3, 0.4) is 0 Å². The second kappa shape index (κ2) is 7.40. The SMILES string of the molecule is C/C(=C/C(=O)N1CCN(C(=O)c2ccc(=O)[nH]c2)CC1)C12CC3CC(CC(C3)C1)C2. The van der Waals surface area contributed by atoms with Crippen LogP contribution in [-0.2, 0) is 4.79 Å². The largest absolute Gasteiger partial charge is 0.336 e. The second-order valence-corrected chi connectivity index (χ2v) is 10.1. The number of amides is 2. The van der Waals surface area contributed by atoms with Crippen LogP contribution in [0.4, 0.5) is 0 Å². The highest BCUT2D eigenvalue weighted by molar-refractivity contribution is 5.94. The van der Waals surface area contributed by atoms with Crippen molar-refractivity contribution in [3.05, 3.63) is 45.9 Å². The molecule has 6 rings (SSSR count). The van der Waals surface area contributed by atoms with E-state index in [2.05, 4.69) is 11.9 Å². The molecule has 0 atom stereocenters. The molecule has 2 heterocycles. The Labute approximate surface area is 177 Å². The summed E-state index contributed by atoms with van der Waals surface area (Å²) in [6.45, 7) is 4.33. The standard InChI is InChI=1S/C24H31N3O3/c1-16(24-12-17-9-18(13-24)11-19(10-17)14-24)8-22(29)26-4-6-27(7-5-26)23(30)20-2-3-21(28)25-15-20/h2-3,8,15,17-19H,4-7,9-14H2,1H3,(H,25,28)/b16-8-. The summed E-state index contributed by atoms with van der Waals surface area (Å²) in [6.07, 6.45) is 11.4. The summed E-state index contributed by atoms with van der Waals surface area (Å²) in [7, 11) is 0. The van der Waals surface area contributed by atoms with Gasteiger partial charge in [-0.05, 0) is 74.7 Å². The second-order valence-electron chi connectivity index (χ2n) is 10.1. The third-order valence-electron chi connectivity index (χ3n) is 8.12. The molecule has 1 aliphatic heterocycles. The highest BCUT2D eigenvalue weighted by Crippen LogP contribution is 2.62. The topological polar surface area (TPSA) is 73.5 Å².